The van der Waals surface area contributed by atoms with Gasteiger partial charge in [-0.25, -0.2) is 0 Å². The summed E-state index contributed by atoms with van der Waals surface area (Å²) in [4.78, 5) is 0. The van der Waals surface area contributed by atoms with Crippen LogP contribution in [0.15, 0.2) is 0 Å². The molecule has 0 aromatic carbocycles. The third-order valence-corrected chi connectivity index (χ3v) is 0.365. The van der Waals surface area contributed by atoms with Crippen molar-refractivity contribution in [2.45, 2.75) is 0 Å². The van der Waals surface area contributed by atoms with E-state index in [1.807, 2.05) is 0 Å². The summed E-state index contributed by atoms with van der Waals surface area (Å²) in [6.07, 6.45) is 0. The van der Waals surface area contributed by atoms with E-state index in [-0.39, 0.29) is 19.5 Å². The third kappa shape index (κ3) is 10.7. The fourth-order valence-electron chi connectivity index (χ4n) is 0. The quantitative estimate of drug-likeness (QED) is 0.295. The summed E-state index contributed by atoms with van der Waals surface area (Å²) >= 11 is 0. The van der Waals surface area contributed by atoms with Gasteiger partial charge in [0.05, 0.1) is 0 Å². The van der Waals surface area contributed by atoms with Crippen molar-refractivity contribution in [3.63, 3.8) is 0 Å². The van der Waals surface area contributed by atoms with Gasteiger partial charge < -0.3 is 0 Å². The minimum atomic E-state index is -4.38. The maximum Gasteiger partial charge on any atom is 0.413 e. The summed E-state index contributed by atoms with van der Waals surface area (Å²) in [5.41, 5.74) is 0. The van der Waals surface area contributed by atoms with Crippen molar-refractivity contribution in [1.29, 1.82) is 0 Å². The van der Waals surface area contributed by atoms with E-state index in [1.54, 1.807) is 0 Å². The topological polar surface area (TPSA) is 89.6 Å². The predicted octanol–water partition coefficient (Wildman–Crippen LogP) is -1.32. The van der Waals surface area contributed by atoms with Gasteiger partial charge in [-0.3, -0.25) is 4.55 Å². The maximum absolute atomic E-state index is 9.21. The van der Waals surface area contributed by atoms with Crippen molar-refractivity contribution in [1.82, 2.24) is 0 Å². The summed E-state index contributed by atoms with van der Waals surface area (Å²) in [6, 6.07) is 0. The van der Waals surface area contributed by atoms with Gasteiger partial charge in [0.25, 0.3) is 0 Å². The fourth-order valence-corrected chi connectivity index (χ4v) is 0. The Morgan fingerprint density at radius 1 is 1.57 bits per heavy atom. The van der Waals surface area contributed by atoms with Gasteiger partial charge in [-0.15, -0.1) is 0 Å². The number of hydrogen-bond acceptors (Lipinski definition) is 4. The Bertz CT molecular complexity index is 114. The molecule has 0 aliphatic carbocycles. The van der Waals surface area contributed by atoms with Crippen LogP contribution in [-0.2, 0) is 34.2 Å². The van der Waals surface area contributed by atoms with Gasteiger partial charge in [0.1, 0.15) is 0 Å². The van der Waals surface area contributed by atoms with Crippen LogP contribution in [0.25, 0.3) is 0 Å². The van der Waals surface area contributed by atoms with E-state index in [1.165, 1.54) is 0 Å². The molecule has 0 saturated heterocycles. The van der Waals surface area contributed by atoms with E-state index < -0.39 is 10.4 Å². The zero-order valence-electron chi connectivity index (χ0n) is 3.36. The first-order chi connectivity index (χ1) is 2.56. The molecule has 5 nitrogen and oxygen atoms in total. The predicted molar refractivity (Wildman–Crippen MR) is 16.8 cm³/mol. The minimum Gasteiger partial charge on any atom is -0.262 e. The Labute approximate surface area is 53.5 Å². The van der Waals surface area contributed by atoms with Crippen molar-refractivity contribution in [2.75, 3.05) is 0 Å². The summed E-state index contributed by atoms with van der Waals surface area (Å²) in [5, 5.41) is 0. The number of rotatable bonds is 1. The van der Waals surface area contributed by atoms with E-state index in [0.29, 0.717) is 0 Å². The van der Waals surface area contributed by atoms with Gasteiger partial charge in [0.2, 0.25) is 0 Å². The van der Waals surface area contributed by atoms with Gasteiger partial charge >= 0.3 is 10.4 Å². The molecule has 0 aromatic heterocycles. The van der Waals surface area contributed by atoms with E-state index in [0.717, 1.165) is 0 Å². The van der Waals surface area contributed by atoms with Crippen molar-refractivity contribution in [2.24, 2.45) is 5.90 Å². The molecule has 3 N–H and O–H groups in total. The maximum atomic E-state index is 9.21. The van der Waals surface area contributed by atoms with Crippen LogP contribution in [0.3, 0.4) is 0 Å². The molecule has 0 amide bonds. The molecule has 0 heterocycles. The molecule has 0 spiro atoms. The van der Waals surface area contributed by atoms with Crippen molar-refractivity contribution in [3.8, 4) is 0 Å². The number of hydrogen-bond donors (Lipinski definition) is 2. The van der Waals surface area contributed by atoms with Crippen LogP contribution < -0.4 is 5.90 Å². The van der Waals surface area contributed by atoms with Crippen LogP contribution >= 0.6 is 0 Å². The average Bonchev–Trinajstić information content (AvgIpc) is 1.35. The van der Waals surface area contributed by atoms with Crippen LogP contribution in [0.1, 0.15) is 0 Å². The van der Waals surface area contributed by atoms with Gasteiger partial charge in [-0.05, 0) is 0 Å². The Morgan fingerprint density at radius 2 is 1.71 bits per heavy atom. The summed E-state index contributed by atoms with van der Waals surface area (Å²) in [5.74, 6) is 3.97. The van der Waals surface area contributed by atoms with Crippen LogP contribution in [0, 0.1) is 0 Å². The van der Waals surface area contributed by atoms with Crippen LogP contribution in [0.2, 0.25) is 0 Å². The smallest absolute Gasteiger partial charge is 0.262 e. The van der Waals surface area contributed by atoms with Gasteiger partial charge in [0.15, 0.2) is 0 Å². The molecule has 0 radical (unpaired) electrons. The summed E-state index contributed by atoms with van der Waals surface area (Å²) < 4.78 is 28.8. The second-order valence-corrected chi connectivity index (χ2v) is 1.57. The average molecular weight is 178 g/mol. The molecule has 0 bridgehead atoms. The normalized spacial score (nSPS) is 10.0. The molecule has 7 heavy (non-hydrogen) atoms. The first-order valence-electron chi connectivity index (χ1n) is 0.918. The van der Waals surface area contributed by atoms with Crippen molar-refractivity contribution < 1.29 is 36.7 Å². The van der Waals surface area contributed by atoms with Crippen molar-refractivity contribution >= 4 is 10.4 Å². The minimum absolute atomic E-state index is 0. The molecule has 0 saturated carbocycles. The molecule has 0 aliphatic rings. The molecule has 0 aliphatic heterocycles. The van der Waals surface area contributed by atoms with E-state index in [9.17, 15) is 8.42 Å². The Balaban J connectivity index is 0. The first kappa shape index (κ1) is 10.4. The fraction of sp³-hybridized carbons (Fsp3) is 0. The van der Waals surface area contributed by atoms with Gasteiger partial charge in [-0.2, -0.15) is 18.6 Å². The zero-order chi connectivity index (χ0) is 5.21. The summed E-state index contributed by atoms with van der Waals surface area (Å²) in [7, 11) is -4.38. The second-order valence-electron chi connectivity index (χ2n) is 0.524. The van der Waals surface area contributed by atoms with Crippen LogP contribution in [0.5, 0.6) is 0 Å². The Morgan fingerprint density at radius 3 is 1.71 bits per heavy atom. The van der Waals surface area contributed by atoms with Gasteiger partial charge in [-0.1, -0.05) is 0 Å². The molecular weight excluding hydrogens is 175 g/mol. The van der Waals surface area contributed by atoms with E-state index in [2.05, 4.69) is 10.2 Å². The zero-order valence-corrected chi connectivity index (χ0v) is 7.15. The Kier molecular flexibility index (Phi) is 5.15. The summed E-state index contributed by atoms with van der Waals surface area (Å²) in [6.45, 7) is 0. The SMILES string of the molecule is NOS(=O)(=O)O.[Zn]. The van der Waals surface area contributed by atoms with Gasteiger partial charge in [0, 0.05) is 19.5 Å². The molecule has 40 valence electrons. The Hall–Kier alpha value is 0.453. The van der Waals surface area contributed by atoms with E-state index in [4.69, 9.17) is 4.55 Å². The standard InChI is InChI=1S/H3NO4S.Zn/c1-5-6(2,3)4;/h1H2,(H,2,3,4);. The molecule has 0 unspecified atom stereocenters. The molecule has 0 rings (SSSR count). The van der Waals surface area contributed by atoms with Crippen molar-refractivity contribution in [3.05, 3.63) is 0 Å². The van der Waals surface area contributed by atoms with Crippen LogP contribution in [-0.4, -0.2) is 13.0 Å². The molecule has 0 atom stereocenters. The third-order valence-electron chi connectivity index (χ3n) is 0.122. The molecule has 0 aromatic rings. The molecular formula is H3NO4SZn. The van der Waals surface area contributed by atoms with Crippen LogP contribution in [0.4, 0.5) is 0 Å². The molecule has 0 fully saturated rings. The molecule has 7 heteroatoms. The number of nitrogens with two attached hydrogens (primary N) is 1. The van der Waals surface area contributed by atoms with E-state index >= 15 is 0 Å². The monoisotopic (exact) mass is 177 g/mol. The largest absolute Gasteiger partial charge is 0.413 e. The first-order valence-corrected chi connectivity index (χ1v) is 2.28. The second kappa shape index (κ2) is 3.45.